The van der Waals surface area contributed by atoms with Gasteiger partial charge in [0.25, 0.3) is 0 Å². The van der Waals surface area contributed by atoms with E-state index in [4.69, 9.17) is 5.73 Å². The number of benzene rings is 1. The van der Waals surface area contributed by atoms with E-state index in [9.17, 15) is 9.18 Å². The number of carbonyl (C=O) groups is 1. The van der Waals surface area contributed by atoms with Gasteiger partial charge in [0.15, 0.2) is 5.82 Å². The molecule has 1 fully saturated rings. The highest BCUT2D eigenvalue weighted by Gasteiger charge is 2.28. The minimum atomic E-state index is -0.444. The predicted octanol–water partition coefficient (Wildman–Crippen LogP) is 3.72. The number of hydrogen-bond donors (Lipinski definition) is 2. The molecule has 3 N–H and O–H groups in total. The molecule has 0 radical (unpaired) electrons. The Labute approximate surface area is 176 Å². The van der Waals surface area contributed by atoms with Gasteiger partial charge in [0, 0.05) is 30.5 Å². The summed E-state index contributed by atoms with van der Waals surface area (Å²) in [6, 6.07) is 4.79. The molecule has 4 rings (SSSR count). The fourth-order valence-electron chi connectivity index (χ4n) is 3.95. The summed E-state index contributed by atoms with van der Waals surface area (Å²) in [5, 5.41) is 11.3. The van der Waals surface area contributed by atoms with E-state index >= 15 is 0 Å². The SMILES string of the molecule is Cl.Cl.NC1CCC(C(=O)Nc2cc(-c3nnc4n3CCCCC4)ccc2F)C1. The third-order valence-corrected chi connectivity index (χ3v) is 5.44. The summed E-state index contributed by atoms with van der Waals surface area (Å²) in [6.07, 6.45) is 6.55. The van der Waals surface area contributed by atoms with Crippen molar-refractivity contribution in [3.05, 3.63) is 29.8 Å². The molecular weight excluding hydrogens is 404 g/mol. The monoisotopic (exact) mass is 429 g/mol. The Morgan fingerprint density at radius 1 is 1.18 bits per heavy atom. The van der Waals surface area contributed by atoms with Gasteiger partial charge in [-0.05, 0) is 50.3 Å². The molecule has 6 nitrogen and oxygen atoms in total. The number of fused-ring (bicyclic) bond motifs is 1. The zero-order chi connectivity index (χ0) is 18.1. The van der Waals surface area contributed by atoms with Gasteiger partial charge in [0.1, 0.15) is 11.6 Å². The van der Waals surface area contributed by atoms with Gasteiger partial charge in [-0.3, -0.25) is 4.79 Å². The number of anilines is 1. The van der Waals surface area contributed by atoms with E-state index in [1.165, 1.54) is 12.5 Å². The Balaban J connectivity index is 0.00000140. The van der Waals surface area contributed by atoms with Crippen molar-refractivity contribution in [1.82, 2.24) is 14.8 Å². The van der Waals surface area contributed by atoms with Crippen LogP contribution >= 0.6 is 24.8 Å². The summed E-state index contributed by atoms with van der Waals surface area (Å²) >= 11 is 0. The van der Waals surface area contributed by atoms with E-state index in [2.05, 4.69) is 20.1 Å². The first-order chi connectivity index (χ1) is 12.6. The molecule has 2 aromatic rings. The molecule has 2 atom stereocenters. The molecule has 1 aromatic heterocycles. The number of halogens is 3. The Morgan fingerprint density at radius 2 is 2.00 bits per heavy atom. The summed E-state index contributed by atoms with van der Waals surface area (Å²) in [6.45, 7) is 0.872. The van der Waals surface area contributed by atoms with Gasteiger partial charge >= 0.3 is 0 Å². The molecular formula is C19H26Cl2FN5O. The molecule has 9 heteroatoms. The third kappa shape index (κ3) is 4.64. The first-order valence-electron chi connectivity index (χ1n) is 9.40. The molecule has 0 bridgehead atoms. The molecule has 1 amide bonds. The van der Waals surface area contributed by atoms with Crippen LogP contribution in [0.5, 0.6) is 0 Å². The Kier molecular flexibility index (Phi) is 7.80. The predicted molar refractivity (Wildman–Crippen MR) is 111 cm³/mol. The van der Waals surface area contributed by atoms with Crippen molar-refractivity contribution >= 4 is 36.4 Å². The lowest BCUT2D eigenvalue weighted by Gasteiger charge is -2.13. The van der Waals surface area contributed by atoms with E-state index in [1.54, 1.807) is 12.1 Å². The average molecular weight is 430 g/mol. The maximum atomic E-state index is 14.3. The fourth-order valence-corrected chi connectivity index (χ4v) is 3.95. The molecule has 1 aromatic carbocycles. The van der Waals surface area contributed by atoms with Crippen molar-refractivity contribution in [2.24, 2.45) is 11.7 Å². The topological polar surface area (TPSA) is 85.8 Å². The molecule has 1 aliphatic carbocycles. The van der Waals surface area contributed by atoms with Crippen LogP contribution in [0, 0.1) is 11.7 Å². The molecule has 2 unspecified atom stereocenters. The van der Waals surface area contributed by atoms with Crippen LogP contribution in [0.4, 0.5) is 10.1 Å². The maximum Gasteiger partial charge on any atom is 0.227 e. The molecule has 1 aliphatic heterocycles. The minimum Gasteiger partial charge on any atom is -0.328 e. The number of aromatic nitrogens is 3. The summed E-state index contributed by atoms with van der Waals surface area (Å²) in [5.41, 5.74) is 6.84. The number of nitrogens with one attached hydrogen (secondary N) is 1. The van der Waals surface area contributed by atoms with Crippen molar-refractivity contribution in [2.45, 2.75) is 57.5 Å². The first-order valence-corrected chi connectivity index (χ1v) is 9.40. The largest absolute Gasteiger partial charge is 0.328 e. The molecule has 0 saturated heterocycles. The molecule has 0 spiro atoms. The van der Waals surface area contributed by atoms with Crippen LogP contribution < -0.4 is 11.1 Å². The number of rotatable bonds is 3. The standard InChI is InChI=1S/C19H24FN5O.2ClH/c20-15-8-6-12(18-24-23-17-4-2-1-3-9-25(17)18)11-16(15)22-19(26)13-5-7-14(21)10-13;;/h6,8,11,13-14H,1-5,7,9-10,21H2,(H,22,26);2*1H. The lowest BCUT2D eigenvalue weighted by molar-refractivity contribution is -0.119. The number of nitrogens with zero attached hydrogens (tertiary/aromatic N) is 3. The highest BCUT2D eigenvalue weighted by Crippen LogP contribution is 2.29. The maximum absolute atomic E-state index is 14.3. The zero-order valence-electron chi connectivity index (χ0n) is 15.6. The number of nitrogens with two attached hydrogens (primary N) is 1. The van der Waals surface area contributed by atoms with Gasteiger partial charge in [0.05, 0.1) is 5.69 Å². The number of aryl methyl sites for hydroxylation is 1. The number of amides is 1. The number of carbonyl (C=O) groups excluding carboxylic acids is 1. The second-order valence-corrected chi connectivity index (χ2v) is 7.36. The highest BCUT2D eigenvalue weighted by atomic mass is 35.5. The van der Waals surface area contributed by atoms with Crippen molar-refractivity contribution in [1.29, 1.82) is 0 Å². The van der Waals surface area contributed by atoms with E-state index < -0.39 is 5.82 Å². The minimum absolute atomic E-state index is 0. The second kappa shape index (κ2) is 9.67. The van der Waals surface area contributed by atoms with Gasteiger partial charge in [-0.25, -0.2) is 4.39 Å². The Morgan fingerprint density at radius 3 is 2.75 bits per heavy atom. The average Bonchev–Trinajstić information content (AvgIpc) is 3.17. The molecule has 2 aliphatic rings. The normalized spacial score (nSPS) is 21.1. The highest BCUT2D eigenvalue weighted by molar-refractivity contribution is 5.93. The van der Waals surface area contributed by atoms with E-state index in [0.29, 0.717) is 6.42 Å². The summed E-state index contributed by atoms with van der Waals surface area (Å²) in [7, 11) is 0. The van der Waals surface area contributed by atoms with Crippen molar-refractivity contribution < 1.29 is 9.18 Å². The lowest BCUT2D eigenvalue weighted by Crippen LogP contribution is -2.23. The van der Waals surface area contributed by atoms with Gasteiger partial charge in [-0.1, -0.05) is 6.42 Å². The van der Waals surface area contributed by atoms with Crippen molar-refractivity contribution in [3.63, 3.8) is 0 Å². The van der Waals surface area contributed by atoms with Crippen LogP contribution in [0.15, 0.2) is 18.2 Å². The lowest BCUT2D eigenvalue weighted by atomic mass is 10.1. The van der Waals surface area contributed by atoms with E-state index in [0.717, 1.165) is 55.9 Å². The number of hydrogen-bond acceptors (Lipinski definition) is 4. The second-order valence-electron chi connectivity index (χ2n) is 7.36. The van der Waals surface area contributed by atoms with Crippen LogP contribution in [-0.4, -0.2) is 26.7 Å². The van der Waals surface area contributed by atoms with Crippen molar-refractivity contribution in [2.75, 3.05) is 5.32 Å². The van der Waals surface area contributed by atoms with Crippen LogP contribution in [0.1, 0.15) is 44.3 Å². The molecule has 1 saturated carbocycles. The molecule has 28 heavy (non-hydrogen) atoms. The van der Waals surface area contributed by atoms with Gasteiger partial charge in [-0.2, -0.15) is 0 Å². The van der Waals surface area contributed by atoms with Crippen molar-refractivity contribution in [3.8, 4) is 11.4 Å². The summed E-state index contributed by atoms with van der Waals surface area (Å²) in [4.78, 5) is 12.4. The van der Waals surface area contributed by atoms with E-state index in [-0.39, 0.29) is 48.4 Å². The Bertz CT molecular complexity index is 829. The molecule has 2 heterocycles. The zero-order valence-corrected chi connectivity index (χ0v) is 17.2. The van der Waals surface area contributed by atoms with Crippen LogP contribution in [0.2, 0.25) is 0 Å². The Hall–Kier alpha value is -1.70. The summed E-state index contributed by atoms with van der Waals surface area (Å²) in [5.74, 6) is 0.971. The summed E-state index contributed by atoms with van der Waals surface area (Å²) < 4.78 is 16.4. The quantitative estimate of drug-likeness (QED) is 0.777. The van der Waals surface area contributed by atoms with Crippen LogP contribution in [-0.2, 0) is 17.8 Å². The first kappa shape index (κ1) is 22.6. The van der Waals surface area contributed by atoms with Crippen LogP contribution in [0.25, 0.3) is 11.4 Å². The fraction of sp³-hybridized carbons (Fsp3) is 0.526. The van der Waals surface area contributed by atoms with Gasteiger partial charge < -0.3 is 15.6 Å². The van der Waals surface area contributed by atoms with Gasteiger partial charge in [0.2, 0.25) is 5.91 Å². The van der Waals surface area contributed by atoms with E-state index in [1.807, 2.05) is 0 Å². The van der Waals surface area contributed by atoms with Gasteiger partial charge in [-0.15, -0.1) is 35.0 Å². The smallest absolute Gasteiger partial charge is 0.227 e. The third-order valence-electron chi connectivity index (χ3n) is 5.44. The van der Waals surface area contributed by atoms with Crippen LogP contribution in [0.3, 0.4) is 0 Å². The molecule has 154 valence electrons.